The van der Waals surface area contributed by atoms with Gasteiger partial charge in [-0.25, -0.2) is 0 Å². The van der Waals surface area contributed by atoms with Crippen LogP contribution in [-0.2, 0) is 16.6 Å². The molecule has 0 spiro atoms. The topological polar surface area (TPSA) is 107 Å². The SMILES string of the molecule is CC1=C(C(=O)[O-])N2C(=O)[C@@H](NC(=O)c3ccn(C)n3)[C@H]2SC1. The summed E-state index contributed by atoms with van der Waals surface area (Å²) in [6.07, 6.45) is 1.62. The molecule has 2 atom stereocenters. The van der Waals surface area contributed by atoms with Crippen molar-refractivity contribution in [2.24, 2.45) is 7.05 Å². The Labute approximate surface area is 130 Å². The van der Waals surface area contributed by atoms with Crippen LogP contribution in [0.2, 0.25) is 0 Å². The summed E-state index contributed by atoms with van der Waals surface area (Å²) >= 11 is 1.41. The number of amides is 2. The average molecular weight is 321 g/mol. The van der Waals surface area contributed by atoms with Gasteiger partial charge in [-0.2, -0.15) is 5.10 Å². The number of nitrogens with one attached hydrogen (secondary N) is 1. The molecule has 3 rings (SSSR count). The quantitative estimate of drug-likeness (QED) is 0.676. The monoisotopic (exact) mass is 321 g/mol. The zero-order chi connectivity index (χ0) is 16.0. The molecule has 8 nitrogen and oxygen atoms in total. The van der Waals surface area contributed by atoms with E-state index in [2.05, 4.69) is 10.4 Å². The molecular weight excluding hydrogens is 308 g/mol. The van der Waals surface area contributed by atoms with Crippen LogP contribution in [0.4, 0.5) is 0 Å². The maximum Gasteiger partial charge on any atom is 0.272 e. The molecule has 0 aromatic carbocycles. The summed E-state index contributed by atoms with van der Waals surface area (Å²) in [5, 5.41) is 17.3. The van der Waals surface area contributed by atoms with Crippen LogP contribution in [0.1, 0.15) is 17.4 Å². The van der Waals surface area contributed by atoms with Gasteiger partial charge in [0.2, 0.25) is 0 Å². The molecular formula is C13H13N4O4S-. The van der Waals surface area contributed by atoms with Crippen molar-refractivity contribution in [3.05, 3.63) is 29.2 Å². The Balaban J connectivity index is 1.76. The van der Waals surface area contributed by atoms with Crippen LogP contribution in [0.5, 0.6) is 0 Å². The van der Waals surface area contributed by atoms with E-state index in [1.54, 1.807) is 26.2 Å². The van der Waals surface area contributed by atoms with E-state index in [0.29, 0.717) is 11.3 Å². The van der Waals surface area contributed by atoms with Crippen molar-refractivity contribution in [1.82, 2.24) is 20.0 Å². The third-order valence-electron chi connectivity index (χ3n) is 3.59. The number of aryl methyl sites for hydroxylation is 1. The zero-order valence-electron chi connectivity index (χ0n) is 11.9. The second-order valence-electron chi connectivity index (χ2n) is 5.15. The number of β-lactam (4-membered cyclic amide) rings is 1. The molecule has 2 aliphatic rings. The van der Waals surface area contributed by atoms with Crippen molar-refractivity contribution >= 4 is 29.5 Å². The van der Waals surface area contributed by atoms with E-state index in [1.807, 2.05) is 0 Å². The maximum atomic E-state index is 12.2. The van der Waals surface area contributed by atoms with Gasteiger partial charge in [0.15, 0.2) is 0 Å². The average Bonchev–Trinajstić information content (AvgIpc) is 2.90. The Hall–Kier alpha value is -2.29. The van der Waals surface area contributed by atoms with Gasteiger partial charge in [0.05, 0.1) is 11.7 Å². The lowest BCUT2D eigenvalue weighted by Gasteiger charge is -2.50. The Bertz CT molecular complexity index is 711. The van der Waals surface area contributed by atoms with E-state index in [-0.39, 0.29) is 11.4 Å². The Kier molecular flexibility index (Phi) is 3.44. The Morgan fingerprint density at radius 3 is 2.82 bits per heavy atom. The molecule has 0 unspecified atom stereocenters. The molecule has 22 heavy (non-hydrogen) atoms. The number of rotatable bonds is 3. The van der Waals surface area contributed by atoms with Crippen LogP contribution in [0.15, 0.2) is 23.5 Å². The third-order valence-corrected chi connectivity index (χ3v) is 5.01. The maximum absolute atomic E-state index is 12.2. The number of carboxylic acid groups (broad SMARTS) is 1. The Morgan fingerprint density at radius 1 is 1.50 bits per heavy atom. The lowest BCUT2D eigenvalue weighted by molar-refractivity contribution is -0.301. The highest BCUT2D eigenvalue weighted by Crippen LogP contribution is 2.39. The second kappa shape index (κ2) is 5.16. The van der Waals surface area contributed by atoms with Crippen LogP contribution in [0, 0.1) is 0 Å². The van der Waals surface area contributed by atoms with Crippen molar-refractivity contribution in [2.45, 2.75) is 18.3 Å². The summed E-state index contributed by atoms with van der Waals surface area (Å²) in [7, 11) is 1.68. The first kappa shape index (κ1) is 14.6. The molecule has 2 aliphatic heterocycles. The number of carbonyl (C=O) groups is 3. The van der Waals surface area contributed by atoms with Gasteiger partial charge < -0.3 is 15.2 Å². The van der Waals surface area contributed by atoms with E-state index in [1.165, 1.54) is 21.3 Å². The largest absolute Gasteiger partial charge is 0.543 e. The number of carbonyl (C=O) groups excluding carboxylic acids is 3. The number of carboxylic acids is 1. The van der Waals surface area contributed by atoms with Crippen LogP contribution in [0.25, 0.3) is 0 Å². The second-order valence-corrected chi connectivity index (χ2v) is 6.26. The van der Waals surface area contributed by atoms with Crippen molar-refractivity contribution in [3.8, 4) is 0 Å². The van der Waals surface area contributed by atoms with Crippen molar-refractivity contribution in [1.29, 1.82) is 0 Å². The lowest BCUT2D eigenvalue weighted by atomic mass is 10.0. The molecule has 1 fully saturated rings. The number of aromatic nitrogens is 2. The zero-order valence-corrected chi connectivity index (χ0v) is 12.7. The molecule has 1 aromatic rings. The summed E-state index contributed by atoms with van der Waals surface area (Å²) < 4.78 is 1.49. The molecule has 3 heterocycles. The number of hydrogen-bond acceptors (Lipinski definition) is 6. The number of nitrogens with zero attached hydrogens (tertiary/aromatic N) is 3. The first-order valence-electron chi connectivity index (χ1n) is 6.56. The number of fused-ring (bicyclic) bond motifs is 1. The third kappa shape index (κ3) is 2.17. The molecule has 2 amide bonds. The van der Waals surface area contributed by atoms with Crippen molar-refractivity contribution < 1.29 is 19.5 Å². The van der Waals surface area contributed by atoms with Gasteiger partial charge in [0.1, 0.15) is 17.1 Å². The molecule has 116 valence electrons. The van der Waals surface area contributed by atoms with E-state index >= 15 is 0 Å². The van der Waals surface area contributed by atoms with Gasteiger partial charge in [-0.05, 0) is 18.6 Å². The first-order chi connectivity index (χ1) is 10.4. The van der Waals surface area contributed by atoms with Gasteiger partial charge in [0, 0.05) is 19.0 Å². The van der Waals surface area contributed by atoms with Gasteiger partial charge in [0.25, 0.3) is 11.8 Å². The smallest absolute Gasteiger partial charge is 0.272 e. The predicted molar refractivity (Wildman–Crippen MR) is 75.3 cm³/mol. The fraction of sp³-hybridized carbons (Fsp3) is 0.385. The van der Waals surface area contributed by atoms with E-state index < -0.39 is 29.2 Å². The van der Waals surface area contributed by atoms with Crippen molar-refractivity contribution in [3.63, 3.8) is 0 Å². The molecule has 1 saturated heterocycles. The Morgan fingerprint density at radius 2 is 2.23 bits per heavy atom. The summed E-state index contributed by atoms with van der Waals surface area (Å²) in [5.74, 6) is -1.79. The van der Waals surface area contributed by atoms with Crippen LogP contribution in [0.3, 0.4) is 0 Å². The number of aliphatic carboxylic acids is 1. The molecule has 0 aliphatic carbocycles. The minimum absolute atomic E-state index is 0.0860. The summed E-state index contributed by atoms with van der Waals surface area (Å²) in [6, 6.07) is 0.794. The van der Waals surface area contributed by atoms with Crippen LogP contribution >= 0.6 is 11.8 Å². The van der Waals surface area contributed by atoms with Gasteiger partial charge in [-0.3, -0.25) is 19.2 Å². The summed E-state index contributed by atoms with van der Waals surface area (Å²) in [4.78, 5) is 36.6. The summed E-state index contributed by atoms with van der Waals surface area (Å²) in [5.41, 5.74) is 0.711. The molecule has 9 heteroatoms. The van der Waals surface area contributed by atoms with E-state index in [4.69, 9.17) is 0 Å². The number of thioether (sulfide) groups is 1. The number of hydrogen-bond donors (Lipinski definition) is 1. The van der Waals surface area contributed by atoms with Gasteiger partial charge >= 0.3 is 0 Å². The van der Waals surface area contributed by atoms with Crippen LogP contribution < -0.4 is 10.4 Å². The van der Waals surface area contributed by atoms with Crippen molar-refractivity contribution in [2.75, 3.05) is 5.75 Å². The standard InChI is InChI=1S/C13H14N4O4S/c1-6-5-22-12-8(11(19)17(12)9(6)13(20)21)14-10(18)7-3-4-16(2)15-7/h3-4,8,12H,5H2,1-2H3,(H,14,18)(H,20,21)/p-1/t8-,12-/m1/s1. The fourth-order valence-electron chi connectivity index (χ4n) is 2.51. The fourth-order valence-corrected chi connectivity index (χ4v) is 3.81. The van der Waals surface area contributed by atoms with E-state index in [9.17, 15) is 19.5 Å². The van der Waals surface area contributed by atoms with E-state index in [0.717, 1.165) is 0 Å². The lowest BCUT2D eigenvalue weighted by Crippen LogP contribution is -2.71. The minimum atomic E-state index is -1.37. The highest BCUT2D eigenvalue weighted by atomic mass is 32.2. The first-order valence-corrected chi connectivity index (χ1v) is 7.61. The van der Waals surface area contributed by atoms with Gasteiger partial charge in [-0.1, -0.05) is 0 Å². The molecule has 1 N–H and O–H groups in total. The minimum Gasteiger partial charge on any atom is -0.543 e. The predicted octanol–water partition coefficient (Wildman–Crippen LogP) is -1.54. The summed E-state index contributed by atoms with van der Waals surface area (Å²) in [6.45, 7) is 1.65. The highest BCUT2D eigenvalue weighted by Gasteiger charge is 2.52. The highest BCUT2D eigenvalue weighted by molar-refractivity contribution is 8.00. The van der Waals surface area contributed by atoms with Gasteiger partial charge in [-0.15, -0.1) is 11.8 Å². The molecule has 0 saturated carbocycles. The molecule has 0 radical (unpaired) electrons. The van der Waals surface area contributed by atoms with Crippen LogP contribution in [-0.4, -0.2) is 49.6 Å². The normalized spacial score (nSPS) is 23.9. The molecule has 0 bridgehead atoms. The molecule has 1 aromatic heterocycles.